The Morgan fingerprint density at radius 2 is 1.85 bits per heavy atom. The highest BCUT2D eigenvalue weighted by Crippen LogP contribution is 2.49. The monoisotopic (exact) mass is 202 g/mol. The second-order valence-electron chi connectivity index (χ2n) is 2.45. The first kappa shape index (κ1) is 10.2. The summed E-state index contributed by atoms with van der Waals surface area (Å²) < 4.78 is 10.6. The van der Waals surface area contributed by atoms with Crippen molar-refractivity contribution in [3.63, 3.8) is 0 Å². The molecule has 0 aliphatic heterocycles. The minimum atomic E-state index is -4.61. The summed E-state index contributed by atoms with van der Waals surface area (Å²) in [5.74, 6) is -0.995. The van der Waals surface area contributed by atoms with Gasteiger partial charge in [-0.05, 0) is 6.07 Å². The summed E-state index contributed by atoms with van der Waals surface area (Å²) in [6.45, 7) is 0. The van der Waals surface area contributed by atoms with Crippen molar-refractivity contribution in [2.45, 2.75) is 0 Å². The Bertz CT molecular complexity index is 348. The van der Waals surface area contributed by atoms with Crippen LogP contribution >= 0.6 is 7.60 Å². The Hall–Kier alpha value is -0.870. The second-order valence-corrected chi connectivity index (χ2v) is 3.97. The fourth-order valence-corrected chi connectivity index (χ4v) is 1.38. The van der Waals surface area contributed by atoms with E-state index in [1.807, 2.05) is 0 Å². The predicted octanol–water partition coefficient (Wildman–Crippen LogP) is 0.657. The minimum Gasteiger partial charge on any atom is -0.398 e. The Kier molecular flexibility index (Phi) is 2.73. The number of hydrogen-bond donors (Lipinski definition) is 4. The van der Waals surface area contributed by atoms with Crippen LogP contribution < -0.4 is 5.73 Å². The van der Waals surface area contributed by atoms with Gasteiger partial charge in [-0.15, -0.1) is 0 Å². The number of para-hydroxylation sites is 1. The molecular formula is C7H9NO4P. The summed E-state index contributed by atoms with van der Waals surface area (Å²) in [5, 5.41) is 9.11. The quantitative estimate of drug-likeness (QED) is 0.416. The van der Waals surface area contributed by atoms with Crippen molar-refractivity contribution < 1.29 is 19.5 Å². The van der Waals surface area contributed by atoms with Gasteiger partial charge in [-0.3, -0.25) is 4.57 Å². The van der Waals surface area contributed by atoms with Gasteiger partial charge in [0.15, 0.2) is 0 Å². The van der Waals surface area contributed by atoms with Gasteiger partial charge >= 0.3 is 7.60 Å². The van der Waals surface area contributed by atoms with E-state index in [0.717, 1.165) is 0 Å². The summed E-state index contributed by atoms with van der Waals surface area (Å²) in [6.07, 6.45) is 0. The van der Waals surface area contributed by atoms with Gasteiger partial charge < -0.3 is 20.6 Å². The highest BCUT2D eigenvalue weighted by molar-refractivity contribution is 7.55. The molecule has 0 aromatic heterocycles. The SMILES string of the molecule is Nc1ccccc1[C](O)P(=O)(O)O. The average Bonchev–Trinajstić information content (AvgIpc) is 2.02. The maximum Gasteiger partial charge on any atom is 0.365 e. The number of nitrogen functional groups attached to an aromatic ring is 1. The number of benzene rings is 1. The van der Waals surface area contributed by atoms with Gasteiger partial charge in [0.25, 0.3) is 0 Å². The van der Waals surface area contributed by atoms with Crippen LogP contribution in [0.15, 0.2) is 24.3 Å². The first-order valence-electron chi connectivity index (χ1n) is 3.40. The second kappa shape index (κ2) is 3.47. The fourth-order valence-electron chi connectivity index (χ4n) is 0.858. The first-order valence-corrected chi connectivity index (χ1v) is 5.01. The molecule has 0 spiro atoms. The highest BCUT2D eigenvalue weighted by atomic mass is 31.2. The zero-order valence-corrected chi connectivity index (χ0v) is 7.48. The van der Waals surface area contributed by atoms with E-state index in [1.165, 1.54) is 18.2 Å². The van der Waals surface area contributed by atoms with Crippen molar-refractivity contribution in [2.75, 3.05) is 5.73 Å². The Balaban J connectivity index is 3.09. The van der Waals surface area contributed by atoms with E-state index in [-0.39, 0.29) is 11.3 Å². The summed E-state index contributed by atoms with van der Waals surface area (Å²) in [4.78, 5) is 17.3. The Morgan fingerprint density at radius 1 is 1.31 bits per heavy atom. The third kappa shape index (κ3) is 2.29. The third-order valence-electron chi connectivity index (χ3n) is 1.48. The standard InChI is InChI=1S/C7H9NO4P/c8-6-4-2-1-3-5(6)7(9)13(10,11)12/h1-4,9H,8H2,(H2,10,11,12). The molecule has 0 atom stereocenters. The maximum absolute atomic E-state index is 10.6. The van der Waals surface area contributed by atoms with E-state index in [9.17, 15) is 4.57 Å². The summed E-state index contributed by atoms with van der Waals surface area (Å²) in [5.41, 5.74) is 5.49. The number of anilines is 1. The molecule has 0 amide bonds. The normalized spacial score (nSPS) is 12.0. The van der Waals surface area contributed by atoms with E-state index >= 15 is 0 Å². The van der Waals surface area contributed by atoms with Crippen molar-refractivity contribution in [1.82, 2.24) is 0 Å². The molecule has 0 fully saturated rings. The molecule has 13 heavy (non-hydrogen) atoms. The van der Waals surface area contributed by atoms with Gasteiger partial charge in [0.1, 0.15) is 0 Å². The van der Waals surface area contributed by atoms with Crippen LogP contribution in [0.5, 0.6) is 0 Å². The molecule has 5 N–H and O–H groups in total. The van der Waals surface area contributed by atoms with Gasteiger partial charge in [0, 0.05) is 11.3 Å². The molecule has 6 heteroatoms. The fraction of sp³-hybridized carbons (Fsp3) is 0. The molecule has 1 aromatic rings. The lowest BCUT2D eigenvalue weighted by Crippen LogP contribution is -2.03. The summed E-state index contributed by atoms with van der Waals surface area (Å²) >= 11 is 0. The molecule has 0 aliphatic rings. The van der Waals surface area contributed by atoms with Gasteiger partial charge in [-0.25, -0.2) is 0 Å². The first-order chi connectivity index (χ1) is 5.93. The molecule has 0 heterocycles. The molecular weight excluding hydrogens is 193 g/mol. The van der Waals surface area contributed by atoms with Crippen LogP contribution in [0.1, 0.15) is 5.56 Å². The number of nitrogens with two attached hydrogens (primary N) is 1. The van der Waals surface area contributed by atoms with E-state index in [0.29, 0.717) is 0 Å². The van der Waals surface area contributed by atoms with Gasteiger partial charge in [-0.2, -0.15) is 0 Å². The van der Waals surface area contributed by atoms with E-state index in [4.69, 9.17) is 20.6 Å². The average molecular weight is 202 g/mol. The lowest BCUT2D eigenvalue weighted by Gasteiger charge is -2.12. The maximum atomic E-state index is 10.6. The summed E-state index contributed by atoms with van der Waals surface area (Å²) in [6, 6.07) is 5.91. The largest absolute Gasteiger partial charge is 0.398 e. The minimum absolute atomic E-state index is 0.0316. The van der Waals surface area contributed by atoms with Crippen LogP contribution in [0.3, 0.4) is 0 Å². The van der Waals surface area contributed by atoms with Crippen LogP contribution in [0.4, 0.5) is 5.69 Å². The van der Waals surface area contributed by atoms with Crippen molar-refractivity contribution in [1.29, 1.82) is 0 Å². The lowest BCUT2D eigenvalue weighted by atomic mass is 10.2. The molecule has 0 aliphatic carbocycles. The highest BCUT2D eigenvalue weighted by Gasteiger charge is 2.31. The molecule has 1 rings (SSSR count). The van der Waals surface area contributed by atoms with Gasteiger partial charge in [-0.1, -0.05) is 18.2 Å². The predicted molar refractivity (Wildman–Crippen MR) is 47.2 cm³/mol. The number of rotatable bonds is 2. The van der Waals surface area contributed by atoms with Crippen molar-refractivity contribution in [2.24, 2.45) is 0 Å². The van der Waals surface area contributed by atoms with Crippen LogP contribution in [-0.4, -0.2) is 14.9 Å². The van der Waals surface area contributed by atoms with Gasteiger partial charge in [0.2, 0.25) is 5.85 Å². The van der Waals surface area contributed by atoms with Crippen molar-refractivity contribution in [3.8, 4) is 0 Å². The van der Waals surface area contributed by atoms with E-state index in [2.05, 4.69) is 0 Å². The molecule has 0 unspecified atom stereocenters. The zero-order chi connectivity index (χ0) is 10.1. The molecule has 1 aromatic carbocycles. The molecule has 0 saturated heterocycles. The third-order valence-corrected chi connectivity index (χ3v) is 2.27. The molecule has 0 saturated carbocycles. The lowest BCUT2D eigenvalue weighted by molar-refractivity contribution is 0.301. The van der Waals surface area contributed by atoms with Crippen LogP contribution in [-0.2, 0) is 4.57 Å². The number of aliphatic hydroxyl groups excluding tert-OH is 1. The zero-order valence-electron chi connectivity index (χ0n) is 6.58. The topological polar surface area (TPSA) is 104 Å². The summed E-state index contributed by atoms with van der Waals surface area (Å²) in [7, 11) is -4.61. The van der Waals surface area contributed by atoms with Crippen LogP contribution in [0.25, 0.3) is 0 Å². The number of aliphatic hydroxyl groups is 1. The van der Waals surface area contributed by atoms with Crippen molar-refractivity contribution in [3.05, 3.63) is 35.7 Å². The molecule has 5 nitrogen and oxygen atoms in total. The van der Waals surface area contributed by atoms with E-state index < -0.39 is 13.4 Å². The smallest absolute Gasteiger partial charge is 0.365 e. The van der Waals surface area contributed by atoms with Crippen LogP contribution in [0, 0.1) is 5.85 Å². The Labute approximate surface area is 75.0 Å². The van der Waals surface area contributed by atoms with Crippen molar-refractivity contribution >= 4 is 13.3 Å². The van der Waals surface area contributed by atoms with Gasteiger partial charge in [0.05, 0.1) is 0 Å². The molecule has 0 bridgehead atoms. The van der Waals surface area contributed by atoms with E-state index in [1.54, 1.807) is 6.07 Å². The molecule has 1 radical (unpaired) electrons. The number of hydrogen-bond acceptors (Lipinski definition) is 3. The molecule has 71 valence electrons. The van der Waals surface area contributed by atoms with Crippen LogP contribution in [0.2, 0.25) is 0 Å². The Morgan fingerprint density at radius 3 is 2.31 bits per heavy atom.